The van der Waals surface area contributed by atoms with E-state index < -0.39 is 11.8 Å². The van der Waals surface area contributed by atoms with E-state index in [-0.39, 0.29) is 6.04 Å². The van der Waals surface area contributed by atoms with Crippen molar-refractivity contribution in [1.82, 2.24) is 19.9 Å². The molecule has 6 rings (SSSR count). The molecular formula is C25H26N4O5S. The number of hydrogen-bond acceptors (Lipinski definition) is 10. The molecule has 2 atom stereocenters. The molecule has 10 heteroatoms. The molecule has 2 fully saturated rings. The van der Waals surface area contributed by atoms with Crippen LogP contribution >= 0.6 is 11.3 Å². The molecule has 0 saturated carbocycles. The van der Waals surface area contributed by atoms with Crippen molar-refractivity contribution < 1.29 is 23.5 Å². The Morgan fingerprint density at radius 3 is 2.89 bits per heavy atom. The van der Waals surface area contributed by atoms with Gasteiger partial charge in [0.1, 0.15) is 16.9 Å². The van der Waals surface area contributed by atoms with Crippen LogP contribution in [-0.4, -0.2) is 56.9 Å². The lowest BCUT2D eigenvalue weighted by atomic mass is 10.1. The number of thiazole rings is 1. The van der Waals surface area contributed by atoms with Crippen LogP contribution in [0.15, 0.2) is 47.2 Å². The van der Waals surface area contributed by atoms with Crippen molar-refractivity contribution in [3.63, 3.8) is 0 Å². The monoisotopic (exact) mass is 494 g/mol. The maximum absolute atomic E-state index is 12.0. The van der Waals surface area contributed by atoms with E-state index >= 15 is 0 Å². The number of nitrogens with zero attached hydrogens (tertiary/aromatic N) is 4. The lowest BCUT2D eigenvalue weighted by molar-refractivity contribution is -0.164. The van der Waals surface area contributed by atoms with Crippen LogP contribution in [0.3, 0.4) is 0 Å². The highest BCUT2D eigenvalue weighted by molar-refractivity contribution is 7.20. The SMILES string of the molecule is CC(C)(C)OC(=O)ON1C[C@@H]2C[C@H]1CN2Cc1coc2cc(Oc3nc4ncccc4s3)ccc12. The van der Waals surface area contributed by atoms with Gasteiger partial charge in [-0.1, -0.05) is 11.3 Å². The minimum absolute atomic E-state index is 0.175. The lowest BCUT2D eigenvalue weighted by Gasteiger charge is -2.32. The molecule has 0 N–H and O–H groups in total. The van der Waals surface area contributed by atoms with E-state index in [4.69, 9.17) is 18.7 Å². The molecule has 2 aliphatic rings. The number of rotatable bonds is 5. The number of carbonyl (C=O) groups is 1. The quantitative estimate of drug-likeness (QED) is 0.340. The number of aromatic nitrogens is 2. The van der Waals surface area contributed by atoms with Gasteiger partial charge in [-0.25, -0.2) is 9.78 Å². The molecule has 2 aliphatic heterocycles. The van der Waals surface area contributed by atoms with E-state index in [1.54, 1.807) is 11.3 Å². The maximum Gasteiger partial charge on any atom is 0.528 e. The summed E-state index contributed by atoms with van der Waals surface area (Å²) < 4.78 is 18.1. The Balaban J connectivity index is 1.09. The van der Waals surface area contributed by atoms with Crippen molar-refractivity contribution in [3.8, 4) is 10.9 Å². The zero-order chi connectivity index (χ0) is 24.2. The Bertz CT molecular complexity index is 1360. The summed E-state index contributed by atoms with van der Waals surface area (Å²) in [6.45, 7) is 7.76. The molecule has 0 aliphatic carbocycles. The zero-order valence-electron chi connectivity index (χ0n) is 19.8. The van der Waals surface area contributed by atoms with Crippen LogP contribution in [0.1, 0.15) is 32.8 Å². The van der Waals surface area contributed by atoms with Crippen molar-refractivity contribution in [2.75, 3.05) is 13.1 Å². The second-order valence-corrected chi connectivity index (χ2v) is 10.9. The number of piperazine rings is 1. The first-order chi connectivity index (χ1) is 16.8. The number of carbonyl (C=O) groups excluding carboxylic acids is 1. The molecule has 0 radical (unpaired) electrons. The average Bonchev–Trinajstić information content (AvgIpc) is 3.55. The van der Waals surface area contributed by atoms with E-state index in [1.807, 2.05) is 57.4 Å². The summed E-state index contributed by atoms with van der Waals surface area (Å²) in [4.78, 5) is 28.6. The van der Waals surface area contributed by atoms with Gasteiger partial charge in [-0.3, -0.25) is 4.90 Å². The van der Waals surface area contributed by atoms with Crippen molar-refractivity contribution >= 4 is 38.8 Å². The minimum Gasteiger partial charge on any atom is -0.464 e. The molecule has 2 bridgehead atoms. The number of hydroxylamine groups is 2. The summed E-state index contributed by atoms with van der Waals surface area (Å²) in [5.74, 6) is 0.674. The number of hydrogen-bond donors (Lipinski definition) is 0. The Morgan fingerprint density at radius 1 is 1.23 bits per heavy atom. The number of fused-ring (bicyclic) bond motifs is 4. The number of furan rings is 1. The third-order valence-corrected chi connectivity index (χ3v) is 7.12. The first-order valence-corrected chi connectivity index (χ1v) is 12.4. The zero-order valence-corrected chi connectivity index (χ0v) is 20.6. The highest BCUT2D eigenvalue weighted by Crippen LogP contribution is 2.36. The van der Waals surface area contributed by atoms with Gasteiger partial charge < -0.3 is 18.7 Å². The first kappa shape index (κ1) is 22.3. The molecule has 0 unspecified atom stereocenters. The van der Waals surface area contributed by atoms with Crippen LogP contribution in [0.4, 0.5) is 4.79 Å². The van der Waals surface area contributed by atoms with Gasteiger partial charge in [0.15, 0.2) is 5.65 Å². The largest absolute Gasteiger partial charge is 0.528 e. The maximum atomic E-state index is 12.0. The standard InChI is InChI=1S/C25H26N4O5S/c1-25(2,3)33-24(30)34-29-13-16-9-17(29)12-28(16)11-15-14-31-20-10-18(6-7-19(15)20)32-23-27-22-21(35-23)5-4-8-26-22/h4-8,10,14,16-17H,9,11-13H2,1-3H3/t16-,17-/m0/s1. The molecule has 0 spiro atoms. The van der Waals surface area contributed by atoms with E-state index in [9.17, 15) is 4.79 Å². The van der Waals surface area contributed by atoms with Crippen LogP contribution in [0.5, 0.6) is 10.9 Å². The Kier molecular flexibility index (Phi) is 5.39. The Hall–Kier alpha value is -3.21. The molecule has 1 aromatic carbocycles. The smallest absolute Gasteiger partial charge is 0.464 e. The van der Waals surface area contributed by atoms with E-state index in [1.165, 1.54) is 11.3 Å². The van der Waals surface area contributed by atoms with Gasteiger partial charge in [0, 0.05) is 42.3 Å². The van der Waals surface area contributed by atoms with E-state index in [0.717, 1.165) is 40.7 Å². The number of benzene rings is 1. The van der Waals surface area contributed by atoms with Crippen molar-refractivity contribution in [2.45, 2.75) is 51.4 Å². The van der Waals surface area contributed by atoms with Crippen LogP contribution in [-0.2, 0) is 16.1 Å². The Labute approximate surface area is 206 Å². The van der Waals surface area contributed by atoms with Gasteiger partial charge >= 0.3 is 6.16 Å². The molecular weight excluding hydrogens is 468 g/mol. The molecule has 4 aromatic rings. The molecule has 0 amide bonds. The normalized spacial score (nSPS) is 20.7. The summed E-state index contributed by atoms with van der Waals surface area (Å²) >= 11 is 1.46. The van der Waals surface area contributed by atoms with Crippen molar-refractivity contribution in [2.24, 2.45) is 0 Å². The Morgan fingerprint density at radius 2 is 2.11 bits per heavy atom. The minimum atomic E-state index is -0.641. The third kappa shape index (κ3) is 4.56. The van der Waals surface area contributed by atoms with Crippen LogP contribution in [0, 0.1) is 0 Å². The first-order valence-electron chi connectivity index (χ1n) is 11.6. The van der Waals surface area contributed by atoms with Gasteiger partial charge in [0.05, 0.1) is 23.5 Å². The molecule has 2 saturated heterocycles. The van der Waals surface area contributed by atoms with Crippen LogP contribution in [0.25, 0.3) is 21.3 Å². The topological polar surface area (TPSA) is 90.2 Å². The number of ether oxygens (including phenoxy) is 2. The molecule has 35 heavy (non-hydrogen) atoms. The molecule has 9 nitrogen and oxygen atoms in total. The van der Waals surface area contributed by atoms with Gasteiger partial charge in [0.25, 0.3) is 5.19 Å². The van der Waals surface area contributed by atoms with Crippen LogP contribution < -0.4 is 4.74 Å². The fourth-order valence-corrected chi connectivity index (χ4v) is 5.54. The summed E-state index contributed by atoms with van der Waals surface area (Å²) in [5, 5.41) is 3.38. The third-order valence-electron chi connectivity index (χ3n) is 6.24. The summed E-state index contributed by atoms with van der Waals surface area (Å²) in [6, 6.07) is 10.2. The average molecular weight is 495 g/mol. The van der Waals surface area contributed by atoms with E-state index in [0.29, 0.717) is 29.2 Å². The lowest BCUT2D eigenvalue weighted by Crippen LogP contribution is -2.47. The van der Waals surface area contributed by atoms with E-state index in [2.05, 4.69) is 14.9 Å². The summed E-state index contributed by atoms with van der Waals surface area (Å²) in [6.07, 6.45) is 3.86. The summed E-state index contributed by atoms with van der Waals surface area (Å²) in [5.41, 5.74) is 2.02. The highest BCUT2D eigenvalue weighted by Gasteiger charge is 2.45. The molecule has 5 heterocycles. The molecule has 3 aromatic heterocycles. The second-order valence-electron chi connectivity index (χ2n) is 9.95. The fraction of sp³-hybridized carbons (Fsp3) is 0.400. The number of pyridine rings is 1. The van der Waals surface area contributed by atoms with Crippen molar-refractivity contribution in [1.29, 1.82) is 0 Å². The number of likely N-dealkylation sites (tertiary alicyclic amines) is 1. The second kappa shape index (κ2) is 8.47. The molecule has 182 valence electrons. The fourth-order valence-electron chi connectivity index (χ4n) is 4.74. The highest BCUT2D eigenvalue weighted by atomic mass is 32.1. The summed E-state index contributed by atoms with van der Waals surface area (Å²) in [7, 11) is 0. The van der Waals surface area contributed by atoms with Gasteiger partial charge in [-0.15, -0.1) is 5.06 Å². The van der Waals surface area contributed by atoms with Gasteiger partial charge in [-0.05, 0) is 51.5 Å². The predicted molar refractivity (Wildman–Crippen MR) is 130 cm³/mol. The van der Waals surface area contributed by atoms with Crippen LogP contribution in [0.2, 0.25) is 0 Å². The predicted octanol–water partition coefficient (Wildman–Crippen LogP) is 5.36. The van der Waals surface area contributed by atoms with Gasteiger partial charge in [-0.2, -0.15) is 4.98 Å². The van der Waals surface area contributed by atoms with Gasteiger partial charge in [0.2, 0.25) is 0 Å². The van der Waals surface area contributed by atoms with Crippen molar-refractivity contribution in [3.05, 3.63) is 48.4 Å².